The Morgan fingerprint density at radius 2 is 1.85 bits per heavy atom. The van der Waals surface area contributed by atoms with Crippen LogP contribution in [0.1, 0.15) is 52.5 Å². The molecule has 3 rings (SSSR count). The normalized spacial score (nSPS) is 26.7. The summed E-state index contributed by atoms with van der Waals surface area (Å²) in [6, 6.07) is 0.0899. The molecule has 1 aliphatic heterocycles. The predicted molar refractivity (Wildman–Crippen MR) is 99.1 cm³/mol. The van der Waals surface area contributed by atoms with Crippen molar-refractivity contribution in [3.05, 3.63) is 24.3 Å². The molecule has 1 N–H and O–H groups in total. The summed E-state index contributed by atoms with van der Waals surface area (Å²) in [6.45, 7) is 10.2. The Bertz CT molecular complexity index is 672. The summed E-state index contributed by atoms with van der Waals surface area (Å²) in [6.07, 6.45) is 7.75. The van der Waals surface area contributed by atoms with Crippen LogP contribution >= 0.6 is 0 Å². The number of rotatable bonds is 4. The van der Waals surface area contributed by atoms with E-state index in [0.717, 1.165) is 31.4 Å². The zero-order valence-electron chi connectivity index (χ0n) is 16.3. The SMILES string of the molecule is CC1(C)CC(NC(=O)Cc2cncnc2)CCN(C(=O)[C@H]2CC2(C)C)C1. The number of hydrogen-bond acceptors (Lipinski definition) is 4. The van der Waals surface area contributed by atoms with Crippen molar-refractivity contribution in [2.24, 2.45) is 16.7 Å². The molecule has 2 atom stereocenters. The summed E-state index contributed by atoms with van der Waals surface area (Å²) >= 11 is 0. The lowest BCUT2D eigenvalue weighted by Gasteiger charge is -2.30. The lowest BCUT2D eigenvalue weighted by molar-refractivity contribution is -0.134. The summed E-state index contributed by atoms with van der Waals surface area (Å²) in [5.41, 5.74) is 0.948. The van der Waals surface area contributed by atoms with Gasteiger partial charge in [-0.2, -0.15) is 0 Å². The van der Waals surface area contributed by atoms with Crippen molar-refractivity contribution in [3.63, 3.8) is 0 Å². The number of amides is 2. The van der Waals surface area contributed by atoms with Crippen LogP contribution in [0.5, 0.6) is 0 Å². The van der Waals surface area contributed by atoms with Crippen LogP contribution in [0.3, 0.4) is 0 Å². The van der Waals surface area contributed by atoms with Gasteiger partial charge >= 0.3 is 0 Å². The first-order chi connectivity index (χ1) is 12.2. The molecule has 0 radical (unpaired) electrons. The summed E-state index contributed by atoms with van der Waals surface area (Å²) < 4.78 is 0. The van der Waals surface area contributed by atoms with Gasteiger partial charge < -0.3 is 10.2 Å². The average molecular weight is 358 g/mol. The monoisotopic (exact) mass is 358 g/mol. The minimum Gasteiger partial charge on any atom is -0.353 e. The molecule has 1 saturated carbocycles. The van der Waals surface area contributed by atoms with Gasteiger partial charge in [0.25, 0.3) is 0 Å². The van der Waals surface area contributed by atoms with Crippen molar-refractivity contribution in [1.82, 2.24) is 20.2 Å². The molecule has 1 aliphatic carbocycles. The van der Waals surface area contributed by atoms with E-state index in [1.807, 2.05) is 4.90 Å². The first-order valence-corrected chi connectivity index (χ1v) is 9.48. The summed E-state index contributed by atoms with van der Waals surface area (Å²) in [5.74, 6) is 0.447. The van der Waals surface area contributed by atoms with Crippen molar-refractivity contribution in [3.8, 4) is 0 Å². The van der Waals surface area contributed by atoms with Gasteiger partial charge in [0.2, 0.25) is 11.8 Å². The fraction of sp³-hybridized carbons (Fsp3) is 0.700. The summed E-state index contributed by atoms with van der Waals surface area (Å²) in [4.78, 5) is 35.1. The van der Waals surface area contributed by atoms with Crippen LogP contribution < -0.4 is 5.32 Å². The highest BCUT2D eigenvalue weighted by atomic mass is 16.2. The van der Waals surface area contributed by atoms with Crippen molar-refractivity contribution < 1.29 is 9.59 Å². The minimum atomic E-state index is -0.0149. The molecule has 6 nitrogen and oxygen atoms in total. The van der Waals surface area contributed by atoms with Crippen molar-refractivity contribution in [2.45, 2.75) is 59.4 Å². The Hall–Kier alpha value is -1.98. The van der Waals surface area contributed by atoms with E-state index in [4.69, 9.17) is 0 Å². The molecule has 0 spiro atoms. The van der Waals surface area contributed by atoms with E-state index in [-0.39, 0.29) is 41.0 Å². The van der Waals surface area contributed by atoms with Gasteiger partial charge in [-0.3, -0.25) is 9.59 Å². The molecule has 1 saturated heterocycles. The van der Waals surface area contributed by atoms with Crippen LogP contribution in [0.15, 0.2) is 18.7 Å². The second-order valence-electron chi connectivity index (χ2n) is 9.35. The first-order valence-electron chi connectivity index (χ1n) is 9.48. The van der Waals surface area contributed by atoms with Crippen LogP contribution in [0, 0.1) is 16.7 Å². The van der Waals surface area contributed by atoms with Crippen LogP contribution in [-0.4, -0.2) is 45.8 Å². The van der Waals surface area contributed by atoms with E-state index in [9.17, 15) is 9.59 Å². The molecule has 6 heteroatoms. The Morgan fingerprint density at radius 3 is 2.46 bits per heavy atom. The van der Waals surface area contributed by atoms with E-state index in [0.29, 0.717) is 6.54 Å². The van der Waals surface area contributed by atoms with Gasteiger partial charge in [-0.25, -0.2) is 9.97 Å². The number of nitrogens with zero attached hydrogens (tertiary/aromatic N) is 3. The molecule has 26 heavy (non-hydrogen) atoms. The van der Waals surface area contributed by atoms with E-state index >= 15 is 0 Å². The third-order valence-electron chi connectivity index (χ3n) is 5.63. The van der Waals surface area contributed by atoms with Gasteiger partial charge in [0.1, 0.15) is 6.33 Å². The Labute approximate surface area is 155 Å². The quantitative estimate of drug-likeness (QED) is 0.895. The highest BCUT2D eigenvalue weighted by Gasteiger charge is 2.52. The highest BCUT2D eigenvalue weighted by Crippen LogP contribution is 2.52. The molecule has 2 heterocycles. The summed E-state index contributed by atoms with van der Waals surface area (Å²) in [5, 5.41) is 3.15. The van der Waals surface area contributed by atoms with E-state index in [1.54, 1.807) is 12.4 Å². The second kappa shape index (κ2) is 6.97. The second-order valence-corrected chi connectivity index (χ2v) is 9.35. The molecule has 1 aromatic heterocycles. The molecule has 2 fully saturated rings. The largest absolute Gasteiger partial charge is 0.353 e. The number of carbonyl (C=O) groups is 2. The van der Waals surface area contributed by atoms with Crippen LogP contribution in [0.2, 0.25) is 0 Å². The molecule has 2 amide bonds. The van der Waals surface area contributed by atoms with Crippen molar-refractivity contribution in [1.29, 1.82) is 0 Å². The molecule has 1 aromatic rings. The standard InChI is InChI=1S/C20H30N4O2/c1-19(2)8-15(23-17(25)7-14-10-21-13-22-11-14)5-6-24(12-19)18(26)16-9-20(16,3)4/h10-11,13,15-16H,5-9,12H2,1-4H3,(H,23,25)/t15?,16-/m1/s1. The first kappa shape index (κ1) is 18.8. The van der Waals surface area contributed by atoms with E-state index in [2.05, 4.69) is 43.0 Å². The smallest absolute Gasteiger partial charge is 0.226 e. The molecule has 142 valence electrons. The zero-order valence-corrected chi connectivity index (χ0v) is 16.3. The maximum absolute atomic E-state index is 12.8. The topological polar surface area (TPSA) is 75.2 Å². The van der Waals surface area contributed by atoms with Crippen molar-refractivity contribution >= 4 is 11.8 Å². The van der Waals surface area contributed by atoms with Gasteiger partial charge in [-0.05, 0) is 35.7 Å². The lowest BCUT2D eigenvalue weighted by atomic mass is 9.85. The summed E-state index contributed by atoms with van der Waals surface area (Å²) in [7, 11) is 0. The Balaban J connectivity index is 1.58. The molecular formula is C20H30N4O2. The van der Waals surface area contributed by atoms with Gasteiger partial charge in [0.05, 0.1) is 6.42 Å². The number of carbonyl (C=O) groups excluding carboxylic acids is 2. The van der Waals surface area contributed by atoms with E-state index in [1.165, 1.54) is 6.33 Å². The van der Waals surface area contributed by atoms with Crippen molar-refractivity contribution in [2.75, 3.05) is 13.1 Å². The number of nitrogens with one attached hydrogen (secondary N) is 1. The van der Waals surface area contributed by atoms with Gasteiger partial charge in [-0.1, -0.05) is 27.7 Å². The molecule has 1 unspecified atom stereocenters. The molecular weight excluding hydrogens is 328 g/mol. The van der Waals surface area contributed by atoms with Gasteiger partial charge in [0, 0.05) is 37.4 Å². The van der Waals surface area contributed by atoms with Gasteiger partial charge in [-0.15, -0.1) is 0 Å². The van der Waals surface area contributed by atoms with E-state index < -0.39 is 0 Å². The van der Waals surface area contributed by atoms with Crippen LogP contribution in [0.25, 0.3) is 0 Å². The predicted octanol–water partition coefficient (Wildman–Crippen LogP) is 2.20. The third kappa shape index (κ3) is 4.59. The fourth-order valence-electron chi connectivity index (χ4n) is 4.05. The molecule has 0 bridgehead atoms. The number of aromatic nitrogens is 2. The molecule has 2 aliphatic rings. The maximum atomic E-state index is 12.8. The average Bonchev–Trinajstić information content (AvgIpc) is 3.22. The zero-order chi connectivity index (χ0) is 18.9. The lowest BCUT2D eigenvalue weighted by Crippen LogP contribution is -2.39. The number of likely N-dealkylation sites (tertiary alicyclic amines) is 1. The van der Waals surface area contributed by atoms with Gasteiger partial charge in [0.15, 0.2) is 0 Å². The Morgan fingerprint density at radius 1 is 1.19 bits per heavy atom. The highest BCUT2D eigenvalue weighted by molar-refractivity contribution is 5.82. The van der Waals surface area contributed by atoms with Crippen LogP contribution in [-0.2, 0) is 16.0 Å². The third-order valence-corrected chi connectivity index (χ3v) is 5.63. The fourth-order valence-corrected chi connectivity index (χ4v) is 4.05. The maximum Gasteiger partial charge on any atom is 0.226 e. The minimum absolute atomic E-state index is 0.0105. The Kier molecular flexibility index (Phi) is 5.04. The van der Waals surface area contributed by atoms with Crippen LogP contribution in [0.4, 0.5) is 0 Å². The molecule has 0 aromatic carbocycles. The number of hydrogen-bond donors (Lipinski definition) is 1.